The number of fused-ring (bicyclic) bond motifs is 1. The Labute approximate surface area is 118 Å². The summed E-state index contributed by atoms with van der Waals surface area (Å²) in [7, 11) is 0. The first-order valence-electron chi connectivity index (χ1n) is 7.04. The van der Waals surface area contributed by atoms with Crippen LogP contribution in [0.3, 0.4) is 0 Å². The highest BCUT2D eigenvalue weighted by molar-refractivity contribution is 7.16. The van der Waals surface area contributed by atoms with Gasteiger partial charge in [-0.1, -0.05) is 13.8 Å². The maximum absolute atomic E-state index is 4.35. The molecule has 1 aliphatic rings. The van der Waals surface area contributed by atoms with Gasteiger partial charge in [0.25, 0.3) is 0 Å². The van der Waals surface area contributed by atoms with E-state index in [0.717, 1.165) is 31.1 Å². The van der Waals surface area contributed by atoms with Crippen molar-refractivity contribution in [1.29, 1.82) is 0 Å². The van der Waals surface area contributed by atoms with Gasteiger partial charge < -0.3 is 10.2 Å². The standard InChI is InChI=1S/C15H21N3S/c1-11(2)7-12-9-18(6-5-16-12)13-3-4-14-15(8-13)19-10-17-14/h3-4,8,10-12,16H,5-7,9H2,1-2H3. The SMILES string of the molecule is CC(C)CC1CN(c2ccc3ncsc3c2)CCN1. The Bertz CT molecular complexity index is 549. The molecule has 0 aliphatic carbocycles. The molecule has 2 heterocycles. The molecule has 3 nitrogen and oxygen atoms in total. The van der Waals surface area contributed by atoms with Gasteiger partial charge in [-0.3, -0.25) is 0 Å². The molecule has 0 bridgehead atoms. The van der Waals surface area contributed by atoms with Crippen molar-refractivity contribution in [3.05, 3.63) is 23.7 Å². The van der Waals surface area contributed by atoms with E-state index in [-0.39, 0.29) is 0 Å². The first-order chi connectivity index (χ1) is 9.22. The Morgan fingerprint density at radius 1 is 1.47 bits per heavy atom. The van der Waals surface area contributed by atoms with E-state index in [9.17, 15) is 0 Å². The van der Waals surface area contributed by atoms with Crippen LogP contribution in [0.2, 0.25) is 0 Å². The van der Waals surface area contributed by atoms with Crippen molar-refractivity contribution < 1.29 is 0 Å². The number of hydrogen-bond donors (Lipinski definition) is 1. The quantitative estimate of drug-likeness (QED) is 0.933. The molecule has 1 N–H and O–H groups in total. The lowest BCUT2D eigenvalue weighted by Crippen LogP contribution is -2.51. The van der Waals surface area contributed by atoms with Crippen LogP contribution < -0.4 is 10.2 Å². The first kappa shape index (κ1) is 12.9. The van der Waals surface area contributed by atoms with Crippen LogP contribution in [0.1, 0.15) is 20.3 Å². The summed E-state index contributed by atoms with van der Waals surface area (Å²) in [4.78, 5) is 6.85. The number of anilines is 1. The molecule has 1 aliphatic heterocycles. The molecule has 4 heteroatoms. The van der Waals surface area contributed by atoms with E-state index in [1.54, 1.807) is 11.3 Å². The molecule has 0 amide bonds. The Morgan fingerprint density at radius 2 is 2.37 bits per heavy atom. The Kier molecular flexibility index (Phi) is 3.71. The van der Waals surface area contributed by atoms with Crippen molar-refractivity contribution in [3.63, 3.8) is 0 Å². The van der Waals surface area contributed by atoms with Crippen LogP contribution in [0.15, 0.2) is 23.7 Å². The summed E-state index contributed by atoms with van der Waals surface area (Å²) in [6, 6.07) is 7.25. The second-order valence-corrected chi connectivity index (χ2v) is 6.62. The molecule has 2 aromatic rings. The third kappa shape index (κ3) is 2.90. The maximum atomic E-state index is 4.35. The highest BCUT2D eigenvalue weighted by atomic mass is 32.1. The molecule has 19 heavy (non-hydrogen) atoms. The summed E-state index contributed by atoms with van der Waals surface area (Å²) >= 11 is 1.72. The van der Waals surface area contributed by atoms with E-state index >= 15 is 0 Å². The number of benzene rings is 1. The maximum Gasteiger partial charge on any atom is 0.0813 e. The van der Waals surface area contributed by atoms with Crippen LogP contribution in [0.4, 0.5) is 5.69 Å². The topological polar surface area (TPSA) is 28.2 Å². The number of thiazole rings is 1. The summed E-state index contributed by atoms with van der Waals surface area (Å²) in [6.07, 6.45) is 1.25. The first-order valence-corrected chi connectivity index (χ1v) is 7.92. The Hall–Kier alpha value is -1.13. The Morgan fingerprint density at radius 3 is 3.21 bits per heavy atom. The fourth-order valence-corrected chi connectivity index (χ4v) is 3.54. The lowest BCUT2D eigenvalue weighted by atomic mass is 10.0. The second kappa shape index (κ2) is 5.47. The van der Waals surface area contributed by atoms with Gasteiger partial charge in [-0.2, -0.15) is 0 Å². The molecule has 1 atom stereocenters. The molecule has 0 radical (unpaired) electrons. The van der Waals surface area contributed by atoms with E-state index in [1.165, 1.54) is 16.8 Å². The van der Waals surface area contributed by atoms with Gasteiger partial charge in [-0.15, -0.1) is 11.3 Å². The summed E-state index contributed by atoms with van der Waals surface area (Å²) in [6.45, 7) is 7.88. The average Bonchev–Trinajstić information content (AvgIpc) is 2.85. The van der Waals surface area contributed by atoms with Gasteiger partial charge in [0.15, 0.2) is 0 Å². The zero-order chi connectivity index (χ0) is 13.2. The van der Waals surface area contributed by atoms with Crippen molar-refractivity contribution in [1.82, 2.24) is 10.3 Å². The van der Waals surface area contributed by atoms with Gasteiger partial charge >= 0.3 is 0 Å². The molecule has 1 fully saturated rings. The lowest BCUT2D eigenvalue weighted by molar-refractivity contribution is 0.388. The number of aromatic nitrogens is 1. The van der Waals surface area contributed by atoms with Gasteiger partial charge in [0.1, 0.15) is 0 Å². The van der Waals surface area contributed by atoms with Crippen molar-refractivity contribution >= 4 is 27.2 Å². The van der Waals surface area contributed by atoms with Crippen LogP contribution in [-0.4, -0.2) is 30.7 Å². The van der Waals surface area contributed by atoms with E-state index in [2.05, 4.69) is 47.2 Å². The molecular formula is C15H21N3S. The smallest absolute Gasteiger partial charge is 0.0813 e. The number of hydrogen-bond acceptors (Lipinski definition) is 4. The van der Waals surface area contributed by atoms with Crippen LogP contribution in [0, 0.1) is 5.92 Å². The van der Waals surface area contributed by atoms with E-state index in [1.807, 2.05) is 5.51 Å². The molecule has 1 saturated heterocycles. The normalized spacial score (nSPS) is 20.4. The summed E-state index contributed by atoms with van der Waals surface area (Å²) in [5.74, 6) is 0.751. The monoisotopic (exact) mass is 275 g/mol. The van der Waals surface area contributed by atoms with Gasteiger partial charge in [-0.25, -0.2) is 4.98 Å². The van der Waals surface area contributed by atoms with Crippen LogP contribution >= 0.6 is 11.3 Å². The predicted octanol–water partition coefficient (Wildman–Crippen LogP) is 3.12. The van der Waals surface area contributed by atoms with Gasteiger partial charge in [0.2, 0.25) is 0 Å². The number of piperazine rings is 1. The van der Waals surface area contributed by atoms with Crippen LogP contribution in [0.25, 0.3) is 10.2 Å². The van der Waals surface area contributed by atoms with E-state index in [0.29, 0.717) is 6.04 Å². The largest absolute Gasteiger partial charge is 0.369 e. The molecule has 0 spiro atoms. The number of rotatable bonds is 3. The zero-order valence-corrected chi connectivity index (χ0v) is 12.4. The van der Waals surface area contributed by atoms with Gasteiger partial charge in [-0.05, 0) is 30.5 Å². The van der Waals surface area contributed by atoms with Gasteiger partial charge in [0.05, 0.1) is 15.7 Å². The summed E-state index contributed by atoms with van der Waals surface area (Å²) < 4.78 is 1.29. The molecular weight excluding hydrogens is 254 g/mol. The number of nitrogens with zero attached hydrogens (tertiary/aromatic N) is 2. The summed E-state index contributed by atoms with van der Waals surface area (Å²) in [5.41, 5.74) is 4.38. The van der Waals surface area contributed by atoms with Crippen LogP contribution in [-0.2, 0) is 0 Å². The molecule has 3 rings (SSSR count). The minimum absolute atomic E-state index is 0.617. The highest BCUT2D eigenvalue weighted by Crippen LogP contribution is 2.25. The molecule has 102 valence electrons. The fourth-order valence-electron chi connectivity index (χ4n) is 2.83. The lowest BCUT2D eigenvalue weighted by Gasteiger charge is -2.36. The summed E-state index contributed by atoms with van der Waals surface area (Å²) in [5, 5.41) is 3.63. The molecule has 1 aromatic carbocycles. The number of nitrogens with one attached hydrogen (secondary N) is 1. The average molecular weight is 275 g/mol. The van der Waals surface area contributed by atoms with Crippen molar-refractivity contribution in [3.8, 4) is 0 Å². The third-order valence-electron chi connectivity index (χ3n) is 3.69. The Balaban J connectivity index is 1.76. The highest BCUT2D eigenvalue weighted by Gasteiger charge is 2.20. The van der Waals surface area contributed by atoms with Gasteiger partial charge in [0, 0.05) is 31.4 Å². The second-order valence-electron chi connectivity index (χ2n) is 5.73. The minimum atomic E-state index is 0.617. The van der Waals surface area contributed by atoms with E-state index in [4.69, 9.17) is 0 Å². The fraction of sp³-hybridized carbons (Fsp3) is 0.533. The molecule has 0 saturated carbocycles. The minimum Gasteiger partial charge on any atom is -0.369 e. The van der Waals surface area contributed by atoms with Crippen LogP contribution in [0.5, 0.6) is 0 Å². The van der Waals surface area contributed by atoms with Crippen molar-refractivity contribution in [2.24, 2.45) is 5.92 Å². The van der Waals surface area contributed by atoms with E-state index < -0.39 is 0 Å². The molecule has 1 unspecified atom stereocenters. The molecule has 1 aromatic heterocycles. The van der Waals surface area contributed by atoms with Crippen molar-refractivity contribution in [2.75, 3.05) is 24.5 Å². The third-order valence-corrected chi connectivity index (χ3v) is 4.48. The zero-order valence-electron chi connectivity index (χ0n) is 11.6. The predicted molar refractivity (Wildman–Crippen MR) is 83.1 cm³/mol. The van der Waals surface area contributed by atoms with Crippen molar-refractivity contribution in [2.45, 2.75) is 26.3 Å².